The molecule has 104 valence electrons. The van der Waals surface area contributed by atoms with Crippen LogP contribution in [0.4, 0.5) is 5.69 Å². The molecule has 0 aliphatic carbocycles. The van der Waals surface area contributed by atoms with Crippen molar-refractivity contribution in [3.8, 4) is 0 Å². The third kappa shape index (κ3) is 2.57. The summed E-state index contributed by atoms with van der Waals surface area (Å²) in [6.07, 6.45) is 0. The molecule has 1 unspecified atom stereocenters. The number of aromatic amines is 2. The van der Waals surface area contributed by atoms with Crippen molar-refractivity contribution in [1.82, 2.24) is 9.97 Å². The minimum Gasteiger partial charge on any atom is -0.378 e. The van der Waals surface area contributed by atoms with Crippen molar-refractivity contribution in [2.45, 2.75) is 13.0 Å². The van der Waals surface area contributed by atoms with Crippen molar-refractivity contribution in [3.63, 3.8) is 0 Å². The fourth-order valence-electron chi connectivity index (χ4n) is 2.10. The first-order valence-electron chi connectivity index (χ1n) is 5.96. The Morgan fingerprint density at radius 1 is 1.20 bits per heavy atom. The lowest BCUT2D eigenvalue weighted by atomic mass is 10.1. The van der Waals surface area contributed by atoms with Crippen LogP contribution in [0, 0.1) is 0 Å². The summed E-state index contributed by atoms with van der Waals surface area (Å²) in [5, 5.41) is 3.34. The molecule has 3 aromatic rings. The van der Waals surface area contributed by atoms with Gasteiger partial charge in [0.2, 0.25) is 0 Å². The number of imidazole rings is 1. The average molecular weight is 328 g/mol. The second-order valence-electron chi connectivity index (χ2n) is 4.49. The number of nitrogens with one attached hydrogen (secondary N) is 3. The number of H-pyrrole nitrogens is 2. The van der Waals surface area contributed by atoms with Crippen molar-refractivity contribution in [3.05, 3.63) is 49.0 Å². The Morgan fingerprint density at radius 3 is 2.65 bits per heavy atom. The van der Waals surface area contributed by atoms with Crippen LogP contribution in [0.1, 0.15) is 18.5 Å². The standard InChI is InChI=1S/C13H11Cl2N3OS/c1-6(8-5-11(14)20-12(8)15)16-7-2-3-9-10(4-7)18-13(19)17-9/h2-6,16H,1H3,(H2,17,18,19). The van der Waals surface area contributed by atoms with Gasteiger partial charge in [-0.3, -0.25) is 0 Å². The molecule has 0 saturated heterocycles. The van der Waals surface area contributed by atoms with Gasteiger partial charge in [-0.2, -0.15) is 0 Å². The van der Waals surface area contributed by atoms with E-state index in [-0.39, 0.29) is 11.7 Å². The first-order chi connectivity index (χ1) is 9.52. The van der Waals surface area contributed by atoms with Crippen LogP contribution >= 0.6 is 34.5 Å². The molecule has 1 atom stereocenters. The molecule has 0 aliphatic rings. The molecule has 0 radical (unpaired) electrons. The lowest BCUT2D eigenvalue weighted by Gasteiger charge is -2.14. The van der Waals surface area contributed by atoms with Crippen LogP contribution < -0.4 is 11.0 Å². The molecule has 0 fully saturated rings. The summed E-state index contributed by atoms with van der Waals surface area (Å²) < 4.78 is 1.36. The first kappa shape index (κ1) is 13.5. The number of anilines is 1. The van der Waals surface area contributed by atoms with Gasteiger partial charge >= 0.3 is 5.69 Å². The summed E-state index contributed by atoms with van der Waals surface area (Å²) in [4.78, 5) is 16.7. The highest BCUT2D eigenvalue weighted by molar-refractivity contribution is 7.20. The van der Waals surface area contributed by atoms with E-state index in [1.54, 1.807) is 0 Å². The van der Waals surface area contributed by atoms with E-state index in [2.05, 4.69) is 15.3 Å². The number of hydrogen-bond acceptors (Lipinski definition) is 3. The molecule has 2 heterocycles. The van der Waals surface area contributed by atoms with Gasteiger partial charge in [-0.05, 0) is 31.2 Å². The predicted molar refractivity (Wildman–Crippen MR) is 85.3 cm³/mol. The molecular formula is C13H11Cl2N3OS. The number of fused-ring (bicyclic) bond motifs is 1. The van der Waals surface area contributed by atoms with Gasteiger partial charge in [0, 0.05) is 11.3 Å². The largest absolute Gasteiger partial charge is 0.378 e. The Hall–Kier alpha value is -1.43. The van der Waals surface area contributed by atoms with Crippen molar-refractivity contribution in [2.24, 2.45) is 0 Å². The summed E-state index contributed by atoms with van der Waals surface area (Å²) >= 11 is 13.5. The zero-order valence-corrected chi connectivity index (χ0v) is 12.8. The Kier molecular flexibility index (Phi) is 3.50. The molecule has 1 aromatic carbocycles. The van der Waals surface area contributed by atoms with Crippen LogP contribution in [-0.4, -0.2) is 9.97 Å². The maximum Gasteiger partial charge on any atom is 0.323 e. The second-order valence-corrected chi connectivity index (χ2v) is 6.77. The lowest BCUT2D eigenvalue weighted by molar-refractivity contribution is 0.891. The van der Waals surface area contributed by atoms with E-state index in [4.69, 9.17) is 23.2 Å². The number of benzene rings is 1. The van der Waals surface area contributed by atoms with Crippen LogP contribution in [0.25, 0.3) is 11.0 Å². The molecule has 20 heavy (non-hydrogen) atoms. The Labute approximate surface area is 128 Å². The monoisotopic (exact) mass is 327 g/mol. The number of thiophene rings is 1. The van der Waals surface area contributed by atoms with E-state index in [1.807, 2.05) is 31.2 Å². The van der Waals surface area contributed by atoms with Gasteiger partial charge in [-0.1, -0.05) is 23.2 Å². The smallest absolute Gasteiger partial charge is 0.323 e. The number of hydrogen-bond donors (Lipinski definition) is 3. The van der Waals surface area contributed by atoms with E-state index < -0.39 is 0 Å². The molecule has 3 rings (SSSR count). The normalized spacial score (nSPS) is 12.8. The molecule has 0 saturated carbocycles. The highest BCUT2D eigenvalue weighted by atomic mass is 35.5. The summed E-state index contributed by atoms with van der Waals surface area (Å²) in [5.74, 6) is 0. The van der Waals surface area contributed by atoms with Crippen LogP contribution in [0.5, 0.6) is 0 Å². The molecule has 4 nitrogen and oxygen atoms in total. The predicted octanol–water partition coefficient (Wildman–Crippen LogP) is 4.40. The van der Waals surface area contributed by atoms with Crippen LogP contribution in [0.3, 0.4) is 0 Å². The molecule has 0 bridgehead atoms. The van der Waals surface area contributed by atoms with Gasteiger partial charge in [-0.15, -0.1) is 11.3 Å². The Bertz CT molecular complexity index is 820. The second kappa shape index (κ2) is 5.16. The van der Waals surface area contributed by atoms with E-state index >= 15 is 0 Å². The van der Waals surface area contributed by atoms with Crippen molar-refractivity contribution >= 4 is 51.3 Å². The van der Waals surface area contributed by atoms with Gasteiger partial charge in [0.05, 0.1) is 25.7 Å². The lowest BCUT2D eigenvalue weighted by Crippen LogP contribution is -2.05. The maximum absolute atomic E-state index is 11.2. The quantitative estimate of drug-likeness (QED) is 0.667. The Morgan fingerprint density at radius 2 is 1.95 bits per heavy atom. The van der Waals surface area contributed by atoms with Crippen molar-refractivity contribution < 1.29 is 0 Å². The van der Waals surface area contributed by atoms with Crippen molar-refractivity contribution in [1.29, 1.82) is 0 Å². The first-order valence-corrected chi connectivity index (χ1v) is 7.53. The molecule has 3 N–H and O–H groups in total. The fraction of sp³-hybridized carbons (Fsp3) is 0.154. The number of rotatable bonds is 3. The summed E-state index contributed by atoms with van der Waals surface area (Å²) in [6.45, 7) is 2.01. The Balaban J connectivity index is 1.88. The van der Waals surface area contributed by atoms with Gasteiger partial charge in [0.1, 0.15) is 0 Å². The number of aromatic nitrogens is 2. The zero-order valence-electron chi connectivity index (χ0n) is 10.5. The topological polar surface area (TPSA) is 60.7 Å². The van der Waals surface area contributed by atoms with Crippen molar-refractivity contribution in [2.75, 3.05) is 5.32 Å². The number of halogens is 2. The minimum absolute atomic E-state index is 0.0226. The highest BCUT2D eigenvalue weighted by Gasteiger charge is 2.13. The third-order valence-corrected chi connectivity index (χ3v) is 4.57. The highest BCUT2D eigenvalue weighted by Crippen LogP contribution is 2.36. The summed E-state index contributed by atoms with van der Waals surface area (Å²) in [7, 11) is 0. The van der Waals surface area contributed by atoms with Gasteiger partial charge < -0.3 is 15.3 Å². The van der Waals surface area contributed by atoms with Gasteiger partial charge in [0.25, 0.3) is 0 Å². The fourth-order valence-corrected chi connectivity index (χ4v) is 3.74. The minimum atomic E-state index is -0.210. The van der Waals surface area contributed by atoms with Crippen LogP contribution in [0.2, 0.25) is 8.67 Å². The van der Waals surface area contributed by atoms with Crippen LogP contribution in [0.15, 0.2) is 29.1 Å². The van der Waals surface area contributed by atoms with Gasteiger partial charge in [0.15, 0.2) is 0 Å². The van der Waals surface area contributed by atoms with E-state index in [1.165, 1.54) is 11.3 Å². The molecule has 7 heteroatoms. The zero-order chi connectivity index (χ0) is 14.3. The summed E-state index contributed by atoms with van der Waals surface area (Å²) in [6, 6.07) is 7.53. The molecule has 0 spiro atoms. The third-order valence-electron chi connectivity index (χ3n) is 3.05. The SMILES string of the molecule is CC(Nc1ccc2[nH]c(=O)[nH]c2c1)c1cc(Cl)sc1Cl. The average Bonchev–Trinajstić information content (AvgIpc) is 2.90. The van der Waals surface area contributed by atoms with Gasteiger partial charge in [-0.25, -0.2) is 4.79 Å². The molecule has 2 aromatic heterocycles. The van der Waals surface area contributed by atoms with E-state index in [0.717, 1.165) is 22.3 Å². The molecule has 0 aliphatic heterocycles. The van der Waals surface area contributed by atoms with E-state index in [9.17, 15) is 4.79 Å². The van der Waals surface area contributed by atoms with E-state index in [0.29, 0.717) is 8.67 Å². The summed E-state index contributed by atoms with van der Waals surface area (Å²) in [5.41, 5.74) is 3.20. The maximum atomic E-state index is 11.2. The molecular weight excluding hydrogens is 317 g/mol. The molecule has 0 amide bonds. The van der Waals surface area contributed by atoms with Crippen LogP contribution in [-0.2, 0) is 0 Å².